The molecule has 14 nitrogen and oxygen atoms in total. The first-order valence-corrected chi connectivity index (χ1v) is 21.4. The van der Waals surface area contributed by atoms with Gasteiger partial charge in [-0.2, -0.15) is 0 Å². The molecule has 0 unspecified atom stereocenters. The Hall–Kier alpha value is -6.96. The van der Waals surface area contributed by atoms with Crippen LogP contribution in [-0.2, 0) is 27.2 Å². The fourth-order valence-corrected chi connectivity index (χ4v) is 9.44. The van der Waals surface area contributed by atoms with E-state index in [0.717, 1.165) is 94.5 Å². The van der Waals surface area contributed by atoms with E-state index in [1.54, 1.807) is 9.80 Å². The highest BCUT2D eigenvalue weighted by Crippen LogP contribution is 2.40. The van der Waals surface area contributed by atoms with Gasteiger partial charge in [0.25, 0.3) is 5.91 Å². The maximum absolute atomic E-state index is 14.0. The van der Waals surface area contributed by atoms with Gasteiger partial charge in [0.05, 0.1) is 42.5 Å². The number of carbonyl (C=O) groups excluding carboxylic acids is 3. The SMILES string of the molecule is COC(=O)N[C@@H](C(=O)N1CCC[C@H]1c1ncc(-c2ccc3cc(-c4ccc5c(c4)CCc4nc([C@@H]6CCCN6C(=O)[C@@H](NC(=O)O)C(C)C)[nH]c4-5)ccc3c2)[nH]1)c1ccccc1. The number of amides is 4. The molecule has 0 saturated carbocycles. The van der Waals surface area contributed by atoms with Gasteiger partial charge in [0, 0.05) is 24.2 Å². The first kappa shape index (κ1) is 40.4. The zero-order valence-electron chi connectivity index (χ0n) is 35.0. The number of hydrogen-bond donors (Lipinski definition) is 5. The number of carbonyl (C=O) groups is 4. The minimum atomic E-state index is -1.20. The number of rotatable bonds is 10. The molecule has 0 spiro atoms. The number of fused-ring (bicyclic) bond motifs is 4. The normalized spacial score (nSPS) is 18.0. The first-order chi connectivity index (χ1) is 30.1. The number of H-pyrrole nitrogens is 2. The van der Waals surface area contributed by atoms with Crippen LogP contribution >= 0.6 is 0 Å². The van der Waals surface area contributed by atoms with Gasteiger partial charge in [-0.25, -0.2) is 19.6 Å². The lowest BCUT2D eigenvalue weighted by Gasteiger charge is -2.29. The number of ether oxygens (including phenoxy) is 1. The van der Waals surface area contributed by atoms with E-state index in [1.807, 2.05) is 50.4 Å². The molecule has 2 aromatic heterocycles. The van der Waals surface area contributed by atoms with Gasteiger partial charge in [-0.1, -0.05) is 86.6 Å². The van der Waals surface area contributed by atoms with Crippen LogP contribution in [0.3, 0.4) is 0 Å². The van der Waals surface area contributed by atoms with Crippen molar-refractivity contribution < 1.29 is 29.0 Å². The number of carboxylic acid groups (broad SMARTS) is 1. The summed E-state index contributed by atoms with van der Waals surface area (Å²) in [6.07, 6.45) is 4.74. The van der Waals surface area contributed by atoms with Crippen LogP contribution in [-0.4, -0.2) is 85.1 Å². The number of likely N-dealkylation sites (tertiary alicyclic amines) is 2. The number of aromatic amines is 2. The number of aryl methyl sites for hydroxylation is 2. The molecule has 0 radical (unpaired) electrons. The number of nitrogens with zero attached hydrogens (tertiary/aromatic N) is 4. The van der Waals surface area contributed by atoms with Crippen molar-refractivity contribution in [1.82, 2.24) is 40.4 Å². The fraction of sp³-hybridized carbons (Fsp3) is 0.333. The minimum Gasteiger partial charge on any atom is -0.465 e. The Bertz CT molecular complexity index is 2670. The first-order valence-electron chi connectivity index (χ1n) is 21.4. The van der Waals surface area contributed by atoms with Crippen LogP contribution in [0.4, 0.5) is 9.59 Å². The van der Waals surface area contributed by atoms with Crippen molar-refractivity contribution in [2.24, 2.45) is 5.92 Å². The standard InChI is InChI=1S/C48H50N8O6/c1-27(2)40(53-47(59)60)45(57)56-22-8-12-39(56)44-50-36-20-18-33-24-32(17-19-35(33)42(36)52-44)29-13-14-31-25-34(16-15-30(31)23-29)37-26-49-43(51-37)38-11-7-21-55(38)46(58)41(54-48(61)62-3)28-9-5-4-6-10-28/h4-6,9-10,13-17,19,23-27,38-41,53H,7-8,11-12,18,20-22H2,1-3H3,(H,49,51)(H,50,52)(H,54,61)(H,59,60)/t38-,39-,40-,41+/m0/s1. The zero-order valence-corrected chi connectivity index (χ0v) is 35.0. The van der Waals surface area contributed by atoms with E-state index in [-0.39, 0.29) is 29.8 Å². The average molecular weight is 835 g/mol. The van der Waals surface area contributed by atoms with Gasteiger partial charge in [0.2, 0.25) is 5.91 Å². The lowest BCUT2D eigenvalue weighted by atomic mass is 9.89. The molecule has 4 atom stereocenters. The monoisotopic (exact) mass is 834 g/mol. The Morgan fingerprint density at radius 3 is 2.15 bits per heavy atom. The second kappa shape index (κ2) is 16.8. The van der Waals surface area contributed by atoms with Gasteiger partial charge in [-0.15, -0.1) is 0 Å². The zero-order chi connectivity index (χ0) is 43.1. The summed E-state index contributed by atoms with van der Waals surface area (Å²) in [6.45, 7) is 4.82. The Labute approximate surface area is 359 Å². The number of imidazole rings is 2. The quantitative estimate of drug-likeness (QED) is 0.0916. The number of benzene rings is 4. The Balaban J connectivity index is 0.909. The van der Waals surface area contributed by atoms with Crippen molar-refractivity contribution in [2.75, 3.05) is 20.2 Å². The largest absolute Gasteiger partial charge is 0.465 e. The van der Waals surface area contributed by atoms with Crippen LogP contribution in [0.25, 0.3) is 44.4 Å². The predicted octanol–water partition coefficient (Wildman–Crippen LogP) is 8.10. The van der Waals surface area contributed by atoms with Crippen LogP contribution in [0.2, 0.25) is 0 Å². The molecule has 5 N–H and O–H groups in total. The summed E-state index contributed by atoms with van der Waals surface area (Å²) in [7, 11) is 1.28. The van der Waals surface area contributed by atoms with E-state index < -0.39 is 24.3 Å². The van der Waals surface area contributed by atoms with E-state index in [9.17, 15) is 24.3 Å². The number of aromatic nitrogens is 4. The second-order valence-corrected chi connectivity index (χ2v) is 16.8. The molecule has 4 heterocycles. The van der Waals surface area contributed by atoms with Crippen LogP contribution in [0.5, 0.6) is 0 Å². The molecule has 3 aliphatic rings. The van der Waals surface area contributed by atoms with Crippen molar-refractivity contribution >= 4 is 34.8 Å². The Morgan fingerprint density at radius 1 is 0.774 bits per heavy atom. The van der Waals surface area contributed by atoms with Crippen molar-refractivity contribution in [3.05, 3.63) is 120 Å². The van der Waals surface area contributed by atoms with Crippen LogP contribution < -0.4 is 10.6 Å². The Kier molecular flexibility index (Phi) is 11.0. The highest BCUT2D eigenvalue weighted by molar-refractivity contribution is 5.91. The van der Waals surface area contributed by atoms with E-state index in [2.05, 4.69) is 75.2 Å². The second-order valence-electron chi connectivity index (χ2n) is 16.8. The fourth-order valence-electron chi connectivity index (χ4n) is 9.44. The molecule has 1 aliphatic carbocycles. The molecule has 0 bridgehead atoms. The van der Waals surface area contributed by atoms with Gasteiger partial charge >= 0.3 is 12.2 Å². The topological polar surface area (TPSA) is 186 Å². The van der Waals surface area contributed by atoms with Gasteiger partial charge in [-0.05, 0) is 89.6 Å². The third-order valence-electron chi connectivity index (χ3n) is 12.6. The summed E-state index contributed by atoms with van der Waals surface area (Å²) >= 11 is 0. The van der Waals surface area contributed by atoms with Gasteiger partial charge in [0.1, 0.15) is 23.7 Å². The molecule has 2 fully saturated rings. The molecule has 318 valence electrons. The third-order valence-corrected chi connectivity index (χ3v) is 12.6. The smallest absolute Gasteiger partial charge is 0.407 e. The molecule has 2 saturated heterocycles. The average Bonchev–Trinajstić information content (AvgIpc) is 4.13. The minimum absolute atomic E-state index is 0.184. The highest BCUT2D eigenvalue weighted by atomic mass is 16.5. The molecule has 4 amide bonds. The third kappa shape index (κ3) is 7.76. The van der Waals surface area contributed by atoms with Crippen LogP contribution in [0.15, 0.2) is 91.1 Å². The number of nitrogens with one attached hydrogen (secondary N) is 4. The lowest BCUT2D eigenvalue weighted by molar-refractivity contribution is -0.135. The lowest BCUT2D eigenvalue weighted by Crippen LogP contribution is -2.50. The van der Waals surface area contributed by atoms with Gasteiger partial charge < -0.3 is 40.2 Å². The number of hydrogen-bond acceptors (Lipinski definition) is 7. The Morgan fingerprint density at radius 2 is 1.44 bits per heavy atom. The molecule has 14 heteroatoms. The van der Waals surface area contributed by atoms with Crippen molar-refractivity contribution in [2.45, 2.75) is 76.5 Å². The molecule has 2 aliphatic heterocycles. The maximum atomic E-state index is 14.0. The molecular weight excluding hydrogens is 785 g/mol. The predicted molar refractivity (Wildman–Crippen MR) is 234 cm³/mol. The molecule has 62 heavy (non-hydrogen) atoms. The summed E-state index contributed by atoms with van der Waals surface area (Å²) in [5.41, 5.74) is 9.09. The van der Waals surface area contributed by atoms with E-state index in [0.29, 0.717) is 24.5 Å². The molecule has 9 rings (SSSR count). The molecule has 4 aromatic carbocycles. The summed E-state index contributed by atoms with van der Waals surface area (Å²) < 4.78 is 4.84. The molecular formula is C48H50N8O6. The molecule has 6 aromatic rings. The van der Waals surface area contributed by atoms with Crippen molar-refractivity contribution in [1.29, 1.82) is 0 Å². The van der Waals surface area contributed by atoms with Crippen LogP contribution in [0.1, 0.15) is 86.1 Å². The van der Waals surface area contributed by atoms with Crippen molar-refractivity contribution in [3.8, 4) is 33.6 Å². The summed E-state index contributed by atoms with van der Waals surface area (Å²) in [5.74, 6) is 0.860. The highest BCUT2D eigenvalue weighted by Gasteiger charge is 2.39. The summed E-state index contributed by atoms with van der Waals surface area (Å²) in [4.78, 5) is 71.7. The van der Waals surface area contributed by atoms with Gasteiger partial charge in [-0.3, -0.25) is 9.59 Å². The van der Waals surface area contributed by atoms with Crippen molar-refractivity contribution in [3.63, 3.8) is 0 Å². The van der Waals surface area contributed by atoms with Gasteiger partial charge in [0.15, 0.2) is 0 Å². The maximum Gasteiger partial charge on any atom is 0.407 e. The van der Waals surface area contributed by atoms with Crippen LogP contribution in [0, 0.1) is 5.92 Å². The summed E-state index contributed by atoms with van der Waals surface area (Å²) in [5, 5.41) is 16.7. The van der Waals surface area contributed by atoms with E-state index in [1.165, 1.54) is 12.7 Å². The number of methoxy groups -OCH3 is 1. The van der Waals surface area contributed by atoms with E-state index >= 15 is 0 Å². The number of alkyl carbamates (subject to hydrolysis) is 1. The summed E-state index contributed by atoms with van der Waals surface area (Å²) in [6, 6.07) is 26.4. The van der Waals surface area contributed by atoms with E-state index in [4.69, 9.17) is 14.7 Å².